The Morgan fingerprint density at radius 3 is 1.82 bits per heavy atom. The number of carbonyl (C=O) groups excluding carboxylic acids is 15. The van der Waals surface area contributed by atoms with E-state index in [9.17, 15) is 113 Å². The summed E-state index contributed by atoms with van der Waals surface area (Å²) in [4.78, 5) is 243. The predicted octanol–water partition coefficient (Wildman–Crippen LogP) is -7.35. The van der Waals surface area contributed by atoms with Gasteiger partial charge in [0.15, 0.2) is 12.1 Å². The Balaban J connectivity index is 1.45. The lowest BCUT2D eigenvalue weighted by molar-refractivity contribution is -0.145. The number of hydrogen-bond acceptors (Lipinski definition) is 25. The summed E-state index contributed by atoms with van der Waals surface area (Å²) in [5.41, 5.74) is 6.83. The van der Waals surface area contributed by atoms with Crippen LogP contribution in [0.4, 0.5) is 0 Å². The number of rotatable bonds is 30. The van der Waals surface area contributed by atoms with Crippen LogP contribution in [-0.4, -0.2) is 288 Å². The van der Waals surface area contributed by atoms with Crippen LogP contribution >= 0.6 is 0 Å². The first-order chi connectivity index (χ1) is 56.8. The predicted molar refractivity (Wildman–Crippen MR) is 418 cm³/mol. The highest BCUT2D eigenvalue weighted by Crippen LogP contribution is 2.24. The van der Waals surface area contributed by atoms with Crippen LogP contribution in [0.1, 0.15) is 109 Å². The van der Waals surface area contributed by atoms with Gasteiger partial charge in [-0.3, -0.25) is 82.1 Å². The SMILES string of the molecule is COC(=O)CCC1NC(=O)C(Cc2c[nH]c3ccccc23)NC(=O)[C@H](CC(=O)O)NC(=O)C(CO)NC(=O)[C@@H]2CCCN2C(=O)[C@H](Cc2ccc(O)cc2)NC(=O)C(NC(=O)[C@H](CCCNC(=N)N)NC(=O)[C@@H](NC(=O)[C@H](C)NC(=O)[C@@H](NC(C)=O)[C@@H](C)O)[C@@H](C)O)CCCCNC(=O)[C@@H](O)C(C(=O)N[C@@H](Cc2ccc(O)cc2)C(=O)O)NC1=O. The Labute approximate surface area is 686 Å². The molecule has 14 amide bonds. The van der Waals surface area contributed by atoms with Crippen molar-refractivity contribution in [2.45, 2.75) is 208 Å². The summed E-state index contributed by atoms with van der Waals surface area (Å²) in [7, 11) is 0.974. The normalized spacial score (nSPS) is 21.9. The van der Waals surface area contributed by atoms with E-state index < -0.39 is 262 Å². The number of benzene rings is 3. The molecule has 26 N–H and O–H groups in total. The number of fused-ring (bicyclic) bond motifs is 2. The molecule has 0 bridgehead atoms. The smallest absolute Gasteiger partial charge is 0.326 e. The van der Waals surface area contributed by atoms with E-state index in [-0.39, 0.29) is 74.2 Å². The molecule has 6 rings (SSSR count). The number of aromatic nitrogens is 1. The van der Waals surface area contributed by atoms with Crippen LogP contribution < -0.4 is 80.2 Å². The molecule has 0 spiro atoms. The number of esters is 1. The second-order valence-corrected chi connectivity index (χ2v) is 28.8. The van der Waals surface area contributed by atoms with Gasteiger partial charge in [-0.2, -0.15) is 0 Å². The highest BCUT2D eigenvalue weighted by atomic mass is 16.5. The number of hydrogen-bond donors (Lipinski definition) is 25. The highest BCUT2D eigenvalue weighted by molar-refractivity contribution is 6.02. The minimum atomic E-state index is -2.72. The molecule has 0 saturated carbocycles. The maximum Gasteiger partial charge on any atom is 0.326 e. The van der Waals surface area contributed by atoms with E-state index >= 15 is 9.59 Å². The molecule has 0 radical (unpaired) electrons. The lowest BCUT2D eigenvalue weighted by Crippen LogP contribution is -2.63. The second-order valence-electron chi connectivity index (χ2n) is 28.8. The van der Waals surface area contributed by atoms with Gasteiger partial charge in [0.1, 0.15) is 90.0 Å². The quantitative estimate of drug-likeness (QED) is 0.00998. The summed E-state index contributed by atoms with van der Waals surface area (Å²) < 4.78 is 4.79. The Hall–Kier alpha value is -13.1. The molecule has 3 aromatic carbocycles. The third kappa shape index (κ3) is 29.2. The number of ether oxygens (including phenoxy) is 1. The summed E-state index contributed by atoms with van der Waals surface area (Å²) in [6.45, 7) is 2.40. The number of methoxy groups -OCH3 is 1. The third-order valence-electron chi connectivity index (χ3n) is 19.4. The Bertz CT molecular complexity index is 4350. The van der Waals surface area contributed by atoms with Gasteiger partial charge in [-0.1, -0.05) is 42.5 Å². The van der Waals surface area contributed by atoms with Gasteiger partial charge in [-0.15, -0.1) is 0 Å². The van der Waals surface area contributed by atoms with Gasteiger partial charge in [-0.05, 0) is 119 Å². The number of carboxylic acid groups (broad SMARTS) is 2. The number of amides is 14. The molecule has 4 aromatic rings. The van der Waals surface area contributed by atoms with Crippen molar-refractivity contribution in [2.24, 2.45) is 5.73 Å². The average Bonchev–Trinajstić information content (AvgIpc) is 1.61. The molecule has 2 aliphatic rings. The van der Waals surface area contributed by atoms with Crippen LogP contribution in [0.15, 0.2) is 79.0 Å². The number of guanidine groups is 1. The fourth-order valence-corrected chi connectivity index (χ4v) is 13.0. The number of phenolic OH excluding ortho intramolecular Hbond substituents is 2. The number of aliphatic hydroxyl groups excluding tert-OH is 4. The molecular weight excluding hydrogens is 1580 g/mol. The number of phenols is 2. The first-order valence-electron chi connectivity index (χ1n) is 38.3. The summed E-state index contributed by atoms with van der Waals surface area (Å²) in [5.74, 6) is -22.5. The van der Waals surface area contributed by atoms with Crippen molar-refractivity contribution < 1.29 is 127 Å². The second kappa shape index (κ2) is 46.2. The molecule has 0 aliphatic carbocycles. The number of nitrogens with zero attached hydrogens (tertiary/aromatic N) is 1. The number of H-pyrrole nitrogens is 1. The molecule has 1 aromatic heterocycles. The molecule has 44 heteroatoms. The maximum atomic E-state index is 15.3. The first-order valence-corrected chi connectivity index (χ1v) is 38.3. The Morgan fingerprint density at radius 2 is 1.21 bits per heavy atom. The first kappa shape index (κ1) is 95.7. The molecule has 120 heavy (non-hydrogen) atoms. The molecule has 3 heterocycles. The molecule has 16 atom stereocenters. The number of para-hydroxylation sites is 1. The van der Waals surface area contributed by atoms with Gasteiger partial charge < -0.3 is 136 Å². The van der Waals surface area contributed by atoms with Crippen LogP contribution in [0.25, 0.3) is 10.9 Å². The number of nitrogens with one attached hydrogen (secondary N) is 16. The van der Waals surface area contributed by atoms with E-state index in [1.165, 1.54) is 61.7 Å². The van der Waals surface area contributed by atoms with Crippen LogP contribution in [-0.2, 0) is 106 Å². The molecular formula is C76H104N18O26. The number of carboxylic acids is 2. The fraction of sp³-hybridized carbons (Fsp3) is 0.500. The van der Waals surface area contributed by atoms with Crippen molar-refractivity contribution in [1.29, 1.82) is 5.41 Å². The number of aliphatic carboxylic acids is 2. The fourth-order valence-electron chi connectivity index (χ4n) is 13.0. The minimum Gasteiger partial charge on any atom is -0.508 e. The Kier molecular flexibility index (Phi) is 36.8. The van der Waals surface area contributed by atoms with E-state index in [2.05, 4.69) is 79.4 Å². The summed E-state index contributed by atoms with van der Waals surface area (Å²) in [6, 6.07) is -7.61. The molecule has 2 fully saturated rings. The van der Waals surface area contributed by atoms with Crippen molar-refractivity contribution >= 4 is 117 Å². The summed E-state index contributed by atoms with van der Waals surface area (Å²) in [6.07, 6.45) is -10.1. The monoisotopic (exact) mass is 1680 g/mol. The molecule has 5 unspecified atom stereocenters. The molecule has 654 valence electrons. The highest BCUT2D eigenvalue weighted by Gasteiger charge is 2.43. The van der Waals surface area contributed by atoms with E-state index in [1.807, 2.05) is 0 Å². The van der Waals surface area contributed by atoms with Gasteiger partial charge in [0.2, 0.25) is 76.8 Å². The van der Waals surface area contributed by atoms with E-state index in [0.29, 0.717) is 16.5 Å². The average molecular weight is 1690 g/mol. The van der Waals surface area contributed by atoms with Gasteiger partial charge >= 0.3 is 17.9 Å². The van der Waals surface area contributed by atoms with Gasteiger partial charge in [0.05, 0.1) is 32.3 Å². The Morgan fingerprint density at radius 1 is 0.625 bits per heavy atom. The molecule has 2 aliphatic heterocycles. The summed E-state index contributed by atoms with van der Waals surface area (Å²) in [5, 5.41) is 126. The van der Waals surface area contributed by atoms with Gasteiger partial charge in [0, 0.05) is 69.3 Å². The van der Waals surface area contributed by atoms with Crippen molar-refractivity contribution in [2.75, 3.05) is 33.4 Å². The van der Waals surface area contributed by atoms with Gasteiger partial charge in [-0.25, -0.2) is 4.79 Å². The van der Waals surface area contributed by atoms with Gasteiger partial charge in [0.25, 0.3) is 5.91 Å². The van der Waals surface area contributed by atoms with Crippen LogP contribution in [0.3, 0.4) is 0 Å². The third-order valence-corrected chi connectivity index (χ3v) is 19.4. The largest absolute Gasteiger partial charge is 0.508 e. The van der Waals surface area contributed by atoms with Crippen molar-refractivity contribution in [3.05, 3.63) is 95.7 Å². The number of aromatic hydroxyl groups is 2. The number of nitrogens with two attached hydrogens (primary N) is 1. The number of aliphatic hydroxyl groups is 4. The van der Waals surface area contributed by atoms with Crippen molar-refractivity contribution in [1.82, 2.24) is 84.3 Å². The minimum absolute atomic E-state index is 0.0897. The molecule has 44 nitrogen and oxygen atoms in total. The zero-order chi connectivity index (χ0) is 88.8. The number of aromatic amines is 1. The van der Waals surface area contributed by atoms with Crippen LogP contribution in [0.2, 0.25) is 0 Å². The van der Waals surface area contributed by atoms with Crippen molar-refractivity contribution in [3.63, 3.8) is 0 Å². The van der Waals surface area contributed by atoms with Crippen molar-refractivity contribution in [3.8, 4) is 11.5 Å². The molecule has 2 saturated heterocycles. The van der Waals surface area contributed by atoms with E-state index in [4.69, 9.17) is 15.9 Å². The zero-order valence-corrected chi connectivity index (χ0v) is 66.2. The van der Waals surface area contributed by atoms with E-state index in [0.717, 1.165) is 32.8 Å². The maximum absolute atomic E-state index is 15.3. The lowest BCUT2D eigenvalue weighted by atomic mass is 10.0. The summed E-state index contributed by atoms with van der Waals surface area (Å²) >= 11 is 0. The topological polar surface area (TPSA) is 699 Å². The zero-order valence-electron chi connectivity index (χ0n) is 66.2. The van der Waals surface area contributed by atoms with E-state index in [1.54, 1.807) is 24.3 Å². The lowest BCUT2D eigenvalue weighted by Gasteiger charge is -2.31. The van der Waals surface area contributed by atoms with Crippen LogP contribution in [0.5, 0.6) is 11.5 Å². The standard InChI is InChI=1S/C76H104N18O26/c1-36(82-70(113)58(37(2)96)83-39(4)98)62(105)92-59(38(3)97)71(114)86-48(15-10-28-80-76(77)78)63(106)84-47-14-8-9-27-79-73(116)61(104)60(72(115)90-53(75(118)119)31-41-19-23-44(100)24-20-41)93-65(108)49(25-26-57(103)120-5)85-66(109)50(32-42-34-81-46-13-7-6-12-45(42)46)87-67(110)51(33-56(101)102)88-68(111)54(35-95)91-69(112)55-16-11-29-94(55)74(117)52(89-64(47)107)30-40-17-21-43(99)22-18-40/h6-7,12-13,17-24,34,36-38,47-55,58-61,81,95-97,99-100,104H,8-11,14-16,25-33,35H2,1-5H3,(H,79,116)(H,82,113)(H,83,98)(H,84,106)(H,85,109)(H,86,114)(H,87,110)(H,88,111)(H,89,107)(H,90,115)(H,91,112)(H,92,105)(H,93,108)(H,101,102)(H,118,119)(H4,77,78,80)/t36-,37+,38+,47?,48-,49?,50?,51-,52-,53-,54?,55-,58-,59-,60?,61-/m0/s1. The number of carbonyl (C=O) groups is 17. The van der Waals surface area contributed by atoms with Crippen LogP contribution in [0, 0.1) is 5.41 Å².